The maximum Gasteiger partial charge on any atom is 0.0967 e. The van der Waals surface area contributed by atoms with Gasteiger partial charge in [0.1, 0.15) is 0 Å². The fourth-order valence-corrected chi connectivity index (χ4v) is 2.37. The molecule has 0 amide bonds. The van der Waals surface area contributed by atoms with Gasteiger partial charge in [0.05, 0.1) is 11.7 Å². The summed E-state index contributed by atoms with van der Waals surface area (Å²) in [5.74, 6) is 0. The second-order valence-corrected chi connectivity index (χ2v) is 4.52. The largest absolute Gasteiger partial charge is 0.319 e. The highest BCUT2D eigenvalue weighted by atomic mass is 32.1. The van der Waals surface area contributed by atoms with Crippen LogP contribution in [0.1, 0.15) is 17.3 Å². The number of hydrogen-bond acceptors (Lipinski definition) is 4. The molecule has 2 aromatic carbocycles. The topological polar surface area (TPSA) is 51.8 Å². The van der Waals surface area contributed by atoms with E-state index in [0.29, 0.717) is 0 Å². The van der Waals surface area contributed by atoms with Gasteiger partial charge in [-0.3, -0.25) is 0 Å². The minimum Gasteiger partial charge on any atom is -0.319 e. The minimum atomic E-state index is -0.196. The van der Waals surface area contributed by atoms with Gasteiger partial charge in [0, 0.05) is 5.38 Å². The van der Waals surface area contributed by atoms with Crippen LogP contribution >= 0.6 is 11.5 Å². The van der Waals surface area contributed by atoms with Crippen molar-refractivity contribution in [2.75, 3.05) is 0 Å². The molecule has 2 N–H and O–H groups in total. The first-order valence-electron chi connectivity index (χ1n) is 5.36. The summed E-state index contributed by atoms with van der Waals surface area (Å²) in [5.41, 5.74) is 8.05. The maximum absolute atomic E-state index is 6.16. The molecule has 4 heteroatoms. The van der Waals surface area contributed by atoms with Crippen molar-refractivity contribution in [3.8, 4) is 0 Å². The van der Waals surface area contributed by atoms with Gasteiger partial charge in [-0.2, -0.15) is 0 Å². The third-order valence-corrected chi connectivity index (χ3v) is 3.35. The van der Waals surface area contributed by atoms with E-state index in [9.17, 15) is 0 Å². The van der Waals surface area contributed by atoms with Crippen LogP contribution in [0, 0.1) is 0 Å². The number of fused-ring (bicyclic) bond motifs is 1. The van der Waals surface area contributed by atoms with E-state index in [2.05, 4.69) is 33.9 Å². The molecule has 0 radical (unpaired) electrons. The molecule has 0 bridgehead atoms. The molecule has 0 saturated carbocycles. The van der Waals surface area contributed by atoms with Crippen LogP contribution in [0.5, 0.6) is 0 Å². The SMILES string of the molecule is NC(c1ccc2ccccc2c1)c1csnn1. The van der Waals surface area contributed by atoms with Gasteiger partial charge in [0.25, 0.3) is 0 Å². The summed E-state index contributed by atoms with van der Waals surface area (Å²) >= 11 is 1.33. The summed E-state index contributed by atoms with van der Waals surface area (Å²) in [7, 11) is 0. The van der Waals surface area contributed by atoms with E-state index in [-0.39, 0.29) is 6.04 Å². The normalized spacial score (nSPS) is 12.8. The number of aromatic nitrogens is 2. The number of nitrogens with zero attached hydrogens (tertiary/aromatic N) is 2. The zero-order valence-corrected chi connectivity index (χ0v) is 9.89. The third kappa shape index (κ3) is 1.92. The average molecular weight is 241 g/mol. The van der Waals surface area contributed by atoms with Crippen molar-refractivity contribution < 1.29 is 0 Å². The Morgan fingerprint density at radius 1 is 1.06 bits per heavy atom. The molecule has 0 aliphatic heterocycles. The highest BCUT2D eigenvalue weighted by molar-refractivity contribution is 7.03. The predicted molar refractivity (Wildman–Crippen MR) is 69.9 cm³/mol. The van der Waals surface area contributed by atoms with E-state index in [0.717, 1.165) is 11.3 Å². The van der Waals surface area contributed by atoms with Gasteiger partial charge in [-0.15, -0.1) is 5.10 Å². The van der Waals surface area contributed by atoms with Gasteiger partial charge in [0.2, 0.25) is 0 Å². The molecule has 1 unspecified atom stereocenters. The van der Waals surface area contributed by atoms with E-state index < -0.39 is 0 Å². The molecule has 1 heterocycles. The first-order chi connectivity index (χ1) is 8.34. The van der Waals surface area contributed by atoms with Gasteiger partial charge >= 0.3 is 0 Å². The molecule has 3 nitrogen and oxygen atoms in total. The van der Waals surface area contributed by atoms with Crippen LogP contribution in [0.25, 0.3) is 10.8 Å². The first kappa shape index (κ1) is 10.4. The Hall–Kier alpha value is -1.78. The lowest BCUT2D eigenvalue weighted by Crippen LogP contribution is -2.12. The molecule has 3 aromatic rings. The lowest BCUT2D eigenvalue weighted by molar-refractivity contribution is 0.819. The molecule has 3 rings (SSSR count). The highest BCUT2D eigenvalue weighted by Crippen LogP contribution is 2.22. The molecule has 0 aliphatic rings. The monoisotopic (exact) mass is 241 g/mol. The minimum absolute atomic E-state index is 0.196. The zero-order chi connectivity index (χ0) is 11.7. The number of rotatable bonds is 2. The number of hydrogen-bond donors (Lipinski definition) is 1. The Labute approximate surface area is 103 Å². The third-order valence-electron chi connectivity index (χ3n) is 2.83. The van der Waals surface area contributed by atoms with E-state index >= 15 is 0 Å². The van der Waals surface area contributed by atoms with Crippen LogP contribution in [0.2, 0.25) is 0 Å². The Balaban J connectivity index is 2.06. The second kappa shape index (κ2) is 4.24. The van der Waals surface area contributed by atoms with Crippen LogP contribution in [-0.4, -0.2) is 9.59 Å². The molecule has 0 spiro atoms. The van der Waals surface area contributed by atoms with Crippen molar-refractivity contribution in [2.24, 2.45) is 5.73 Å². The van der Waals surface area contributed by atoms with Crippen LogP contribution in [-0.2, 0) is 0 Å². The summed E-state index contributed by atoms with van der Waals surface area (Å²) in [5, 5.41) is 8.32. The van der Waals surface area contributed by atoms with Gasteiger partial charge < -0.3 is 5.73 Å². The molecule has 0 saturated heterocycles. The van der Waals surface area contributed by atoms with Crippen molar-refractivity contribution in [1.29, 1.82) is 0 Å². The van der Waals surface area contributed by atoms with Crippen molar-refractivity contribution in [1.82, 2.24) is 9.59 Å². The van der Waals surface area contributed by atoms with Gasteiger partial charge in [-0.25, -0.2) is 0 Å². The fourth-order valence-electron chi connectivity index (χ4n) is 1.88. The van der Waals surface area contributed by atoms with Crippen LogP contribution in [0.4, 0.5) is 0 Å². The highest BCUT2D eigenvalue weighted by Gasteiger charge is 2.11. The molecule has 1 aromatic heterocycles. The lowest BCUT2D eigenvalue weighted by atomic mass is 10.0. The standard InChI is InChI=1S/C13H11N3S/c14-13(12-8-17-16-15-12)11-6-5-9-3-1-2-4-10(9)7-11/h1-8,13H,14H2. The summed E-state index contributed by atoms with van der Waals surface area (Å²) in [6.45, 7) is 0. The molecular weight excluding hydrogens is 230 g/mol. The summed E-state index contributed by atoms with van der Waals surface area (Å²) in [6, 6.07) is 14.3. The number of benzene rings is 2. The van der Waals surface area contributed by atoms with E-state index in [4.69, 9.17) is 5.73 Å². The Kier molecular flexibility index (Phi) is 2.59. The lowest BCUT2D eigenvalue weighted by Gasteiger charge is -2.09. The predicted octanol–water partition coefficient (Wildman–Crippen LogP) is 2.74. The Morgan fingerprint density at radius 2 is 1.88 bits per heavy atom. The quantitative estimate of drug-likeness (QED) is 0.750. The molecule has 0 fully saturated rings. The smallest absolute Gasteiger partial charge is 0.0967 e. The van der Waals surface area contributed by atoms with Gasteiger partial charge in [-0.1, -0.05) is 40.9 Å². The molecule has 1 atom stereocenters. The average Bonchev–Trinajstić information content (AvgIpc) is 2.91. The van der Waals surface area contributed by atoms with Crippen molar-refractivity contribution in [3.05, 3.63) is 59.1 Å². The van der Waals surface area contributed by atoms with Crippen molar-refractivity contribution >= 4 is 22.3 Å². The Morgan fingerprint density at radius 3 is 2.65 bits per heavy atom. The Bertz CT molecular complexity index is 634. The van der Waals surface area contributed by atoms with E-state index in [1.165, 1.54) is 22.3 Å². The maximum atomic E-state index is 6.16. The summed E-state index contributed by atoms with van der Waals surface area (Å²) in [6.07, 6.45) is 0. The summed E-state index contributed by atoms with van der Waals surface area (Å²) in [4.78, 5) is 0. The van der Waals surface area contributed by atoms with Crippen LogP contribution < -0.4 is 5.73 Å². The van der Waals surface area contributed by atoms with Crippen molar-refractivity contribution in [2.45, 2.75) is 6.04 Å². The molecule has 0 aliphatic carbocycles. The van der Waals surface area contributed by atoms with Crippen LogP contribution in [0.3, 0.4) is 0 Å². The molecule has 84 valence electrons. The van der Waals surface area contributed by atoms with Gasteiger partial charge in [0.15, 0.2) is 0 Å². The van der Waals surface area contributed by atoms with Crippen molar-refractivity contribution in [3.63, 3.8) is 0 Å². The fraction of sp³-hybridized carbons (Fsp3) is 0.0769. The molecular formula is C13H11N3S. The first-order valence-corrected chi connectivity index (χ1v) is 6.19. The van der Waals surface area contributed by atoms with E-state index in [1.807, 2.05) is 23.6 Å². The van der Waals surface area contributed by atoms with E-state index in [1.54, 1.807) is 0 Å². The molecule has 17 heavy (non-hydrogen) atoms. The van der Waals surface area contributed by atoms with Crippen LogP contribution in [0.15, 0.2) is 47.8 Å². The number of nitrogens with two attached hydrogens (primary N) is 1. The summed E-state index contributed by atoms with van der Waals surface area (Å²) < 4.78 is 3.84. The zero-order valence-electron chi connectivity index (χ0n) is 9.08. The van der Waals surface area contributed by atoms with Gasteiger partial charge in [-0.05, 0) is 33.9 Å². The second-order valence-electron chi connectivity index (χ2n) is 3.91.